The molecular formula is C15H13NO2S. The number of aryl methyl sites for hydroxylation is 2. The largest absolute Gasteiger partial charge is 0.422 e. The molecule has 3 nitrogen and oxygen atoms in total. The zero-order chi connectivity index (χ0) is 14.0. The van der Waals surface area contributed by atoms with Crippen molar-refractivity contribution in [2.75, 3.05) is 6.26 Å². The molecule has 0 saturated carbocycles. The summed E-state index contributed by atoms with van der Waals surface area (Å²) in [5, 5.41) is 8.95. The molecule has 96 valence electrons. The summed E-state index contributed by atoms with van der Waals surface area (Å²) in [6.07, 6.45) is 1.83. The van der Waals surface area contributed by atoms with Crippen molar-refractivity contribution in [3.05, 3.63) is 51.4 Å². The highest BCUT2D eigenvalue weighted by Gasteiger charge is 2.12. The van der Waals surface area contributed by atoms with Gasteiger partial charge in [-0.25, -0.2) is 4.79 Å². The molecule has 4 heteroatoms. The van der Waals surface area contributed by atoms with Crippen LogP contribution in [0.25, 0.3) is 11.3 Å². The highest BCUT2D eigenvalue weighted by atomic mass is 32.2. The van der Waals surface area contributed by atoms with Crippen molar-refractivity contribution < 1.29 is 4.42 Å². The Kier molecular flexibility index (Phi) is 3.77. The summed E-state index contributed by atoms with van der Waals surface area (Å²) in [5.74, 6) is 0.497. The Labute approximate surface area is 115 Å². The van der Waals surface area contributed by atoms with Crippen molar-refractivity contribution in [1.82, 2.24) is 0 Å². The summed E-state index contributed by atoms with van der Waals surface area (Å²) in [6, 6.07) is 9.51. The standard InChI is InChI=1S/C15H13NO2S/c1-9-4-5-11(6-10(9)2)13-7-14(19-3)12(8-16)15(17)18-13/h4-7H,1-3H3. The Balaban J connectivity index is 2.64. The van der Waals surface area contributed by atoms with Gasteiger partial charge in [0, 0.05) is 10.5 Å². The van der Waals surface area contributed by atoms with Crippen molar-refractivity contribution in [3.63, 3.8) is 0 Å². The van der Waals surface area contributed by atoms with Gasteiger partial charge in [-0.05, 0) is 43.4 Å². The Morgan fingerprint density at radius 1 is 1.21 bits per heavy atom. The lowest BCUT2D eigenvalue weighted by atomic mass is 10.0. The first-order chi connectivity index (χ1) is 9.06. The van der Waals surface area contributed by atoms with Crippen LogP contribution in [-0.4, -0.2) is 6.26 Å². The third-order valence-corrected chi connectivity index (χ3v) is 3.80. The number of hydrogen-bond donors (Lipinski definition) is 0. The van der Waals surface area contributed by atoms with E-state index in [1.165, 1.54) is 17.3 Å². The number of hydrogen-bond acceptors (Lipinski definition) is 4. The minimum absolute atomic E-state index is 0.0695. The molecule has 2 rings (SSSR count). The van der Waals surface area contributed by atoms with Gasteiger partial charge in [0.1, 0.15) is 11.8 Å². The normalized spacial score (nSPS) is 10.2. The topological polar surface area (TPSA) is 54.0 Å². The van der Waals surface area contributed by atoms with Crippen LogP contribution in [0.15, 0.2) is 38.4 Å². The lowest BCUT2D eigenvalue weighted by molar-refractivity contribution is 0.518. The van der Waals surface area contributed by atoms with E-state index in [1.807, 2.05) is 44.4 Å². The van der Waals surface area contributed by atoms with Crippen molar-refractivity contribution in [3.8, 4) is 17.4 Å². The van der Waals surface area contributed by atoms with Crippen LogP contribution in [0.5, 0.6) is 0 Å². The van der Waals surface area contributed by atoms with Gasteiger partial charge in [0.25, 0.3) is 0 Å². The second kappa shape index (κ2) is 5.33. The molecule has 1 aromatic heterocycles. The van der Waals surface area contributed by atoms with Gasteiger partial charge < -0.3 is 4.42 Å². The molecule has 19 heavy (non-hydrogen) atoms. The number of thioether (sulfide) groups is 1. The van der Waals surface area contributed by atoms with Crippen LogP contribution in [-0.2, 0) is 0 Å². The summed E-state index contributed by atoms with van der Waals surface area (Å²) >= 11 is 1.37. The minimum atomic E-state index is -0.581. The number of nitriles is 1. The van der Waals surface area contributed by atoms with E-state index in [2.05, 4.69) is 0 Å². The first-order valence-electron chi connectivity index (χ1n) is 5.76. The highest BCUT2D eigenvalue weighted by Crippen LogP contribution is 2.26. The maximum absolute atomic E-state index is 11.8. The molecule has 0 aliphatic rings. The molecule has 0 saturated heterocycles. The number of benzene rings is 1. The molecule has 0 amide bonds. The van der Waals surface area contributed by atoms with Crippen LogP contribution in [0.3, 0.4) is 0 Å². The summed E-state index contributed by atoms with van der Waals surface area (Å²) < 4.78 is 5.23. The van der Waals surface area contributed by atoms with E-state index in [1.54, 1.807) is 6.07 Å². The van der Waals surface area contributed by atoms with E-state index in [4.69, 9.17) is 9.68 Å². The summed E-state index contributed by atoms with van der Waals surface area (Å²) in [6.45, 7) is 4.04. The molecule has 0 atom stereocenters. The molecule has 0 spiro atoms. The molecule has 0 N–H and O–H groups in total. The highest BCUT2D eigenvalue weighted by molar-refractivity contribution is 7.98. The van der Waals surface area contributed by atoms with Gasteiger partial charge in [-0.3, -0.25) is 0 Å². The van der Waals surface area contributed by atoms with E-state index in [9.17, 15) is 4.79 Å². The summed E-state index contributed by atoms with van der Waals surface area (Å²) in [7, 11) is 0. The third-order valence-electron chi connectivity index (χ3n) is 3.04. The Morgan fingerprint density at radius 3 is 2.53 bits per heavy atom. The first kappa shape index (κ1) is 13.4. The minimum Gasteiger partial charge on any atom is -0.422 e. The second-order valence-electron chi connectivity index (χ2n) is 4.25. The van der Waals surface area contributed by atoms with Gasteiger partial charge in [0.2, 0.25) is 0 Å². The molecule has 0 aliphatic heterocycles. The molecule has 1 heterocycles. The van der Waals surface area contributed by atoms with Crippen LogP contribution < -0.4 is 5.63 Å². The van der Waals surface area contributed by atoms with E-state index < -0.39 is 5.63 Å². The van der Waals surface area contributed by atoms with E-state index >= 15 is 0 Å². The van der Waals surface area contributed by atoms with Crippen molar-refractivity contribution in [2.45, 2.75) is 18.7 Å². The molecule has 0 bridgehead atoms. The van der Waals surface area contributed by atoms with Gasteiger partial charge in [-0.1, -0.05) is 12.1 Å². The van der Waals surface area contributed by atoms with Crippen molar-refractivity contribution >= 4 is 11.8 Å². The van der Waals surface area contributed by atoms with Crippen LogP contribution >= 0.6 is 11.8 Å². The lowest BCUT2D eigenvalue weighted by Crippen LogP contribution is -2.06. The Morgan fingerprint density at radius 2 is 1.95 bits per heavy atom. The monoisotopic (exact) mass is 271 g/mol. The van der Waals surface area contributed by atoms with Crippen LogP contribution in [0.4, 0.5) is 0 Å². The van der Waals surface area contributed by atoms with Crippen LogP contribution in [0, 0.1) is 25.2 Å². The Bertz CT molecular complexity index is 726. The molecule has 1 aromatic carbocycles. The molecular weight excluding hydrogens is 258 g/mol. The predicted molar refractivity (Wildman–Crippen MR) is 76.4 cm³/mol. The van der Waals surface area contributed by atoms with Crippen molar-refractivity contribution in [1.29, 1.82) is 5.26 Å². The average molecular weight is 271 g/mol. The predicted octanol–water partition coefficient (Wildman–Crippen LogP) is 3.52. The second-order valence-corrected chi connectivity index (χ2v) is 5.10. The molecule has 0 aliphatic carbocycles. The molecule has 0 unspecified atom stereocenters. The molecule has 0 radical (unpaired) electrons. The van der Waals surface area contributed by atoms with Gasteiger partial charge in [-0.2, -0.15) is 5.26 Å². The van der Waals surface area contributed by atoms with E-state index in [0.717, 1.165) is 11.1 Å². The Hall–Kier alpha value is -1.99. The van der Waals surface area contributed by atoms with Crippen LogP contribution in [0.2, 0.25) is 0 Å². The fraction of sp³-hybridized carbons (Fsp3) is 0.200. The third kappa shape index (κ3) is 2.56. The lowest BCUT2D eigenvalue weighted by Gasteiger charge is -2.06. The zero-order valence-corrected chi connectivity index (χ0v) is 11.8. The molecule has 0 fully saturated rings. The smallest absolute Gasteiger partial charge is 0.355 e. The van der Waals surface area contributed by atoms with Crippen molar-refractivity contribution in [2.24, 2.45) is 0 Å². The van der Waals surface area contributed by atoms with Gasteiger partial charge in [0.15, 0.2) is 5.56 Å². The average Bonchev–Trinajstić information content (AvgIpc) is 2.40. The van der Waals surface area contributed by atoms with Gasteiger partial charge in [0.05, 0.1) is 0 Å². The fourth-order valence-electron chi connectivity index (χ4n) is 1.77. The maximum atomic E-state index is 11.8. The fourth-order valence-corrected chi connectivity index (χ4v) is 2.33. The summed E-state index contributed by atoms with van der Waals surface area (Å²) in [5.41, 5.74) is 2.66. The number of rotatable bonds is 2. The quantitative estimate of drug-likeness (QED) is 0.784. The summed E-state index contributed by atoms with van der Waals surface area (Å²) in [4.78, 5) is 12.4. The van der Waals surface area contributed by atoms with Gasteiger partial charge in [-0.15, -0.1) is 11.8 Å². The van der Waals surface area contributed by atoms with Crippen LogP contribution in [0.1, 0.15) is 16.7 Å². The maximum Gasteiger partial charge on any atom is 0.355 e. The molecule has 2 aromatic rings. The van der Waals surface area contributed by atoms with Gasteiger partial charge >= 0.3 is 5.63 Å². The SMILES string of the molecule is CSc1cc(-c2ccc(C)c(C)c2)oc(=O)c1C#N. The first-order valence-corrected chi connectivity index (χ1v) is 6.99. The zero-order valence-electron chi connectivity index (χ0n) is 11.0. The van der Waals surface area contributed by atoms with E-state index in [-0.39, 0.29) is 5.56 Å². The number of nitrogens with zero attached hydrogens (tertiary/aromatic N) is 1. The van der Waals surface area contributed by atoms with E-state index in [0.29, 0.717) is 10.7 Å².